The van der Waals surface area contributed by atoms with Crippen LogP contribution in [0.3, 0.4) is 0 Å². The number of hydrogen-bond acceptors (Lipinski definition) is 5. The van der Waals surface area contributed by atoms with E-state index in [1.807, 2.05) is 0 Å². The van der Waals surface area contributed by atoms with E-state index in [4.69, 9.17) is 5.11 Å². The van der Waals surface area contributed by atoms with Gasteiger partial charge in [-0.25, -0.2) is 9.07 Å². The lowest BCUT2D eigenvalue weighted by atomic mass is 10.1. The van der Waals surface area contributed by atoms with Crippen molar-refractivity contribution >= 4 is 5.91 Å². The monoisotopic (exact) mass is 307 g/mol. The van der Waals surface area contributed by atoms with Crippen molar-refractivity contribution < 1.29 is 14.3 Å². The van der Waals surface area contributed by atoms with Crippen LogP contribution in [0.15, 0.2) is 24.3 Å². The first-order valence-electron chi connectivity index (χ1n) is 6.99. The number of aryl methyl sites for hydroxylation is 1. The molecular weight excluding hydrogens is 289 g/mol. The summed E-state index contributed by atoms with van der Waals surface area (Å²) in [5, 5.41) is 22.7. The predicted octanol–water partition coefficient (Wildman–Crippen LogP) is 0.403. The number of aromatic nitrogens is 4. The molecule has 2 rings (SSSR count). The number of benzene rings is 1. The van der Waals surface area contributed by atoms with Gasteiger partial charge >= 0.3 is 0 Å². The van der Waals surface area contributed by atoms with Crippen molar-refractivity contribution in [1.29, 1.82) is 0 Å². The number of carbonyl (C=O) groups excluding carboxylic acids is 1. The molecule has 2 N–H and O–H groups in total. The van der Waals surface area contributed by atoms with E-state index < -0.39 is 6.04 Å². The fraction of sp³-hybridized carbons (Fsp3) is 0.429. The fourth-order valence-corrected chi connectivity index (χ4v) is 2.07. The second-order valence-corrected chi connectivity index (χ2v) is 4.89. The quantitative estimate of drug-likeness (QED) is 0.722. The van der Waals surface area contributed by atoms with Crippen LogP contribution >= 0.6 is 0 Å². The summed E-state index contributed by atoms with van der Waals surface area (Å²) < 4.78 is 14.4. The Morgan fingerprint density at radius 3 is 2.73 bits per heavy atom. The number of halogens is 1. The van der Waals surface area contributed by atoms with E-state index in [9.17, 15) is 9.18 Å². The van der Waals surface area contributed by atoms with Gasteiger partial charge in [0.15, 0.2) is 0 Å². The summed E-state index contributed by atoms with van der Waals surface area (Å²) in [6.45, 7) is 2.09. The lowest BCUT2D eigenvalue weighted by molar-refractivity contribution is -0.124. The third-order valence-corrected chi connectivity index (χ3v) is 3.23. The third-order valence-electron chi connectivity index (χ3n) is 3.23. The van der Waals surface area contributed by atoms with Crippen molar-refractivity contribution in [1.82, 2.24) is 25.5 Å². The van der Waals surface area contributed by atoms with Crippen LogP contribution in [0.5, 0.6) is 0 Å². The minimum absolute atomic E-state index is 0.00676. The Hall–Kier alpha value is -2.35. The van der Waals surface area contributed by atoms with Gasteiger partial charge in [0.05, 0.1) is 0 Å². The topological polar surface area (TPSA) is 92.9 Å². The minimum Gasteiger partial charge on any atom is -0.396 e. The molecule has 0 bridgehead atoms. The summed E-state index contributed by atoms with van der Waals surface area (Å²) in [4.78, 5) is 12.4. The largest absolute Gasteiger partial charge is 0.396 e. The molecule has 0 aliphatic rings. The molecule has 7 nitrogen and oxygen atoms in total. The van der Waals surface area contributed by atoms with Crippen LogP contribution in [-0.2, 0) is 11.2 Å². The maximum absolute atomic E-state index is 13.0. The van der Waals surface area contributed by atoms with Gasteiger partial charge in [0.1, 0.15) is 17.7 Å². The summed E-state index contributed by atoms with van der Waals surface area (Å²) >= 11 is 0. The number of nitrogens with one attached hydrogen (secondary N) is 1. The van der Waals surface area contributed by atoms with Crippen molar-refractivity contribution in [3.8, 4) is 0 Å². The number of amides is 1. The van der Waals surface area contributed by atoms with Crippen LogP contribution in [0.25, 0.3) is 0 Å². The number of aliphatic hydroxyl groups excluding tert-OH is 1. The molecule has 1 atom stereocenters. The number of rotatable bonds is 7. The Bertz CT molecular complexity index is 614. The van der Waals surface area contributed by atoms with Crippen molar-refractivity contribution in [3.63, 3.8) is 0 Å². The van der Waals surface area contributed by atoms with Gasteiger partial charge < -0.3 is 10.4 Å². The molecule has 0 saturated carbocycles. The summed E-state index contributed by atoms with van der Waals surface area (Å²) in [5.41, 5.74) is 0.804. The van der Waals surface area contributed by atoms with Crippen LogP contribution in [0.4, 0.5) is 4.39 Å². The molecule has 0 fully saturated rings. The second kappa shape index (κ2) is 7.60. The molecule has 0 spiro atoms. The van der Waals surface area contributed by atoms with Gasteiger partial charge in [0.25, 0.3) is 0 Å². The Balaban J connectivity index is 2.16. The molecule has 0 saturated heterocycles. The van der Waals surface area contributed by atoms with Gasteiger partial charge in [-0.2, -0.15) is 0 Å². The van der Waals surface area contributed by atoms with E-state index in [0.717, 1.165) is 5.56 Å². The Kier molecular flexibility index (Phi) is 5.54. The maximum Gasteiger partial charge on any atom is 0.245 e. The summed E-state index contributed by atoms with van der Waals surface area (Å²) in [6, 6.07) is 5.33. The molecule has 8 heteroatoms. The minimum atomic E-state index is -0.626. The molecule has 0 aliphatic carbocycles. The lowest BCUT2D eigenvalue weighted by Crippen LogP contribution is -2.35. The average Bonchev–Trinajstić information content (AvgIpc) is 2.93. The van der Waals surface area contributed by atoms with Crippen LogP contribution in [0, 0.1) is 12.7 Å². The summed E-state index contributed by atoms with van der Waals surface area (Å²) in [6.07, 6.45) is 0.820. The zero-order valence-corrected chi connectivity index (χ0v) is 12.2. The molecule has 118 valence electrons. The number of nitrogens with zero attached hydrogens (tertiary/aromatic N) is 4. The summed E-state index contributed by atoms with van der Waals surface area (Å²) in [5.74, 6) is -0.0519. The van der Waals surface area contributed by atoms with Gasteiger partial charge in [0.2, 0.25) is 5.91 Å². The summed E-state index contributed by atoms with van der Waals surface area (Å²) in [7, 11) is 0. The standard InChI is InChI=1S/C14H18FN5O2/c1-10-17-18-19-20(10)13(14(22)16-7-2-8-21)9-11-3-5-12(15)6-4-11/h3-6,13,21H,2,7-9H2,1H3,(H,16,22). The predicted molar refractivity (Wildman–Crippen MR) is 76.4 cm³/mol. The zero-order chi connectivity index (χ0) is 15.9. The van der Waals surface area contributed by atoms with Gasteiger partial charge in [0, 0.05) is 19.6 Å². The van der Waals surface area contributed by atoms with Gasteiger partial charge in [-0.15, -0.1) is 5.10 Å². The van der Waals surface area contributed by atoms with E-state index in [1.165, 1.54) is 16.8 Å². The first-order chi connectivity index (χ1) is 10.6. The van der Waals surface area contributed by atoms with E-state index in [-0.39, 0.29) is 18.3 Å². The number of tetrazole rings is 1. The molecule has 0 radical (unpaired) electrons. The molecule has 1 aromatic heterocycles. The first kappa shape index (κ1) is 16.0. The number of aliphatic hydroxyl groups is 1. The first-order valence-corrected chi connectivity index (χ1v) is 6.99. The number of carbonyl (C=O) groups is 1. The molecule has 1 unspecified atom stereocenters. The van der Waals surface area contributed by atoms with E-state index in [2.05, 4.69) is 20.8 Å². The Morgan fingerprint density at radius 1 is 1.41 bits per heavy atom. The maximum atomic E-state index is 13.0. The fourth-order valence-electron chi connectivity index (χ4n) is 2.07. The molecule has 1 heterocycles. The Labute approximate surface area is 127 Å². The van der Waals surface area contributed by atoms with Gasteiger partial charge in [-0.3, -0.25) is 4.79 Å². The van der Waals surface area contributed by atoms with Crippen LogP contribution in [-0.4, -0.2) is 44.4 Å². The van der Waals surface area contributed by atoms with E-state index in [0.29, 0.717) is 25.2 Å². The smallest absolute Gasteiger partial charge is 0.245 e. The molecule has 22 heavy (non-hydrogen) atoms. The third kappa shape index (κ3) is 4.08. The molecule has 1 amide bonds. The number of hydrogen-bond donors (Lipinski definition) is 2. The molecule has 2 aromatic rings. The van der Waals surface area contributed by atoms with Gasteiger partial charge in [-0.05, 0) is 41.5 Å². The highest BCUT2D eigenvalue weighted by Gasteiger charge is 2.23. The zero-order valence-electron chi connectivity index (χ0n) is 12.2. The van der Waals surface area contributed by atoms with Gasteiger partial charge in [-0.1, -0.05) is 12.1 Å². The highest BCUT2D eigenvalue weighted by molar-refractivity contribution is 5.80. The van der Waals surface area contributed by atoms with Crippen LogP contribution < -0.4 is 5.32 Å². The molecule has 1 aromatic carbocycles. The molecular formula is C14H18FN5O2. The Morgan fingerprint density at radius 2 is 2.14 bits per heavy atom. The average molecular weight is 307 g/mol. The highest BCUT2D eigenvalue weighted by Crippen LogP contribution is 2.15. The molecule has 0 aliphatic heterocycles. The van der Waals surface area contributed by atoms with E-state index >= 15 is 0 Å². The lowest BCUT2D eigenvalue weighted by Gasteiger charge is -2.17. The van der Waals surface area contributed by atoms with Crippen LogP contribution in [0.1, 0.15) is 23.9 Å². The SMILES string of the molecule is Cc1nnnn1C(Cc1ccc(F)cc1)C(=O)NCCCO. The van der Waals surface area contributed by atoms with Crippen molar-refractivity contribution in [2.24, 2.45) is 0 Å². The van der Waals surface area contributed by atoms with Crippen molar-refractivity contribution in [3.05, 3.63) is 41.5 Å². The van der Waals surface area contributed by atoms with E-state index in [1.54, 1.807) is 19.1 Å². The van der Waals surface area contributed by atoms with Crippen LogP contribution in [0.2, 0.25) is 0 Å². The van der Waals surface area contributed by atoms with Crippen molar-refractivity contribution in [2.45, 2.75) is 25.8 Å². The second-order valence-electron chi connectivity index (χ2n) is 4.89. The normalized spacial score (nSPS) is 12.1. The van der Waals surface area contributed by atoms with Crippen molar-refractivity contribution in [2.75, 3.05) is 13.2 Å². The highest BCUT2D eigenvalue weighted by atomic mass is 19.1.